The monoisotopic (exact) mass is 499 g/mol. The van der Waals surface area contributed by atoms with E-state index in [9.17, 15) is 9.59 Å². The van der Waals surface area contributed by atoms with Crippen LogP contribution in [0.2, 0.25) is 0 Å². The Labute approximate surface area is 213 Å². The number of esters is 1. The Morgan fingerprint density at radius 3 is 2.42 bits per heavy atom. The van der Waals surface area contributed by atoms with Crippen LogP contribution in [0.5, 0.6) is 0 Å². The topological polar surface area (TPSA) is 98.1 Å². The number of thioether (sulfide) groups is 1. The van der Waals surface area contributed by atoms with Crippen LogP contribution in [-0.2, 0) is 9.53 Å². The van der Waals surface area contributed by atoms with Crippen molar-refractivity contribution in [2.45, 2.75) is 30.3 Å². The quantitative estimate of drug-likeness (QED) is 0.383. The Morgan fingerprint density at radius 2 is 1.72 bits per heavy atom. The van der Waals surface area contributed by atoms with Gasteiger partial charge in [-0.1, -0.05) is 60.3 Å². The highest BCUT2D eigenvalue weighted by Crippen LogP contribution is 2.39. The molecule has 3 aromatic carbocycles. The summed E-state index contributed by atoms with van der Waals surface area (Å²) in [4.78, 5) is 25.5. The third-order valence-electron chi connectivity index (χ3n) is 6.19. The van der Waals surface area contributed by atoms with Crippen molar-refractivity contribution in [3.05, 3.63) is 95.1 Å². The summed E-state index contributed by atoms with van der Waals surface area (Å²) in [6, 6.07) is 22.2. The molecule has 0 saturated heterocycles. The van der Waals surface area contributed by atoms with Crippen molar-refractivity contribution in [2.75, 3.05) is 17.9 Å². The Bertz CT molecular complexity index is 1420. The number of carbonyl (C=O) groups is 2. The summed E-state index contributed by atoms with van der Waals surface area (Å²) in [5.41, 5.74) is 8.64. The number of nitrogens with one attached hydrogen (secondary N) is 2. The Hall–Kier alpha value is -4.11. The average molecular weight is 500 g/mol. The molecule has 2 atom stereocenters. The number of amides is 1. The number of carbonyl (C=O) groups excluding carboxylic acids is 2. The molecule has 5 rings (SSSR count). The van der Waals surface area contributed by atoms with E-state index >= 15 is 0 Å². The lowest BCUT2D eigenvalue weighted by atomic mass is 10.0. The predicted molar refractivity (Wildman–Crippen MR) is 140 cm³/mol. The molecule has 4 aromatic rings. The van der Waals surface area contributed by atoms with Gasteiger partial charge in [-0.25, -0.2) is 9.47 Å². The zero-order valence-corrected chi connectivity index (χ0v) is 20.9. The molecule has 9 heteroatoms. The highest BCUT2D eigenvalue weighted by atomic mass is 32.2. The van der Waals surface area contributed by atoms with Crippen LogP contribution in [0.15, 0.2) is 78.0 Å². The van der Waals surface area contributed by atoms with Gasteiger partial charge in [0.05, 0.1) is 18.7 Å². The number of anilines is 1. The van der Waals surface area contributed by atoms with Crippen molar-refractivity contribution in [3.8, 4) is 11.4 Å². The molecule has 8 nitrogen and oxygen atoms in total. The lowest BCUT2D eigenvalue weighted by Gasteiger charge is -2.33. The van der Waals surface area contributed by atoms with E-state index in [1.807, 2.05) is 79.2 Å². The van der Waals surface area contributed by atoms with E-state index in [1.54, 1.807) is 12.1 Å². The summed E-state index contributed by atoms with van der Waals surface area (Å²) in [5, 5.41) is 11.8. The number of methoxy groups -OCH3 is 1. The fraction of sp³-hybridized carbons (Fsp3) is 0.185. The van der Waals surface area contributed by atoms with Crippen LogP contribution in [0.25, 0.3) is 11.4 Å². The normalized spacial score (nSPS) is 16.5. The molecular weight excluding hydrogens is 474 g/mol. The van der Waals surface area contributed by atoms with Crippen LogP contribution < -0.4 is 10.7 Å². The first-order valence-corrected chi connectivity index (χ1v) is 12.3. The zero-order valence-electron chi connectivity index (χ0n) is 20.1. The van der Waals surface area contributed by atoms with Gasteiger partial charge in [-0.3, -0.25) is 4.79 Å². The van der Waals surface area contributed by atoms with Gasteiger partial charge < -0.3 is 15.5 Å². The molecule has 1 amide bonds. The van der Waals surface area contributed by atoms with Crippen molar-refractivity contribution in [2.24, 2.45) is 0 Å². The van der Waals surface area contributed by atoms with E-state index in [0.717, 1.165) is 27.9 Å². The van der Waals surface area contributed by atoms with Crippen molar-refractivity contribution in [1.82, 2.24) is 14.9 Å². The van der Waals surface area contributed by atoms with Gasteiger partial charge in [-0.15, -0.1) is 10.2 Å². The molecule has 36 heavy (non-hydrogen) atoms. The number of ether oxygens (including phenoxy) is 1. The van der Waals surface area contributed by atoms with Gasteiger partial charge in [0.25, 0.3) is 0 Å². The smallest absolute Gasteiger partial charge is 0.337 e. The van der Waals surface area contributed by atoms with Gasteiger partial charge in [0.15, 0.2) is 5.82 Å². The molecule has 2 heterocycles. The van der Waals surface area contributed by atoms with E-state index in [4.69, 9.17) is 4.74 Å². The number of benzene rings is 3. The molecule has 0 fully saturated rings. The van der Waals surface area contributed by atoms with Gasteiger partial charge in [0.1, 0.15) is 5.25 Å². The van der Waals surface area contributed by atoms with Gasteiger partial charge >= 0.3 is 5.97 Å². The maximum absolute atomic E-state index is 13.6. The lowest BCUT2D eigenvalue weighted by molar-refractivity contribution is -0.116. The maximum atomic E-state index is 13.6. The Kier molecular flexibility index (Phi) is 6.47. The SMILES string of the molecule is COC(=O)c1ccc([C@@H]2Nn3c(nnc3-c3ccccc3)S[C@@H]2C(=O)Nc2ccc(C)c(C)c2)cc1. The highest BCUT2D eigenvalue weighted by Gasteiger charge is 2.38. The Morgan fingerprint density at radius 1 is 0.972 bits per heavy atom. The zero-order chi connectivity index (χ0) is 25.2. The van der Waals surface area contributed by atoms with Crippen molar-refractivity contribution < 1.29 is 14.3 Å². The van der Waals surface area contributed by atoms with Gasteiger partial charge in [-0.05, 0) is 54.8 Å². The van der Waals surface area contributed by atoms with Crippen LogP contribution in [0, 0.1) is 13.8 Å². The predicted octanol–water partition coefficient (Wildman–Crippen LogP) is 4.75. The summed E-state index contributed by atoms with van der Waals surface area (Å²) in [5.74, 6) is 0.0830. The van der Waals surface area contributed by atoms with Crippen molar-refractivity contribution in [1.29, 1.82) is 0 Å². The summed E-state index contributed by atoms with van der Waals surface area (Å²) in [6.07, 6.45) is 0. The van der Waals surface area contributed by atoms with Gasteiger partial charge in [-0.2, -0.15) is 0 Å². The number of aryl methyl sites for hydroxylation is 2. The molecule has 0 aliphatic carbocycles. The fourth-order valence-corrected chi connectivity index (χ4v) is 5.14. The van der Waals surface area contributed by atoms with Crippen LogP contribution in [0.3, 0.4) is 0 Å². The molecule has 0 spiro atoms. The first-order valence-electron chi connectivity index (χ1n) is 11.4. The molecule has 0 saturated carbocycles. The van der Waals surface area contributed by atoms with Crippen LogP contribution in [0.1, 0.15) is 33.1 Å². The second kappa shape index (κ2) is 9.87. The van der Waals surface area contributed by atoms with Crippen LogP contribution in [-0.4, -0.2) is 39.1 Å². The average Bonchev–Trinajstić information content (AvgIpc) is 3.33. The summed E-state index contributed by atoms with van der Waals surface area (Å²) < 4.78 is 6.64. The van der Waals surface area contributed by atoms with Crippen molar-refractivity contribution >= 4 is 29.3 Å². The van der Waals surface area contributed by atoms with Crippen LogP contribution in [0.4, 0.5) is 5.69 Å². The molecule has 182 valence electrons. The molecule has 0 radical (unpaired) electrons. The van der Waals surface area contributed by atoms with Crippen LogP contribution >= 0.6 is 11.8 Å². The Balaban J connectivity index is 1.50. The van der Waals surface area contributed by atoms with E-state index in [1.165, 1.54) is 18.9 Å². The molecular formula is C27H25N5O3S. The number of aromatic nitrogens is 3. The molecule has 1 aliphatic heterocycles. The number of nitrogens with zero attached hydrogens (tertiary/aromatic N) is 3. The first kappa shape index (κ1) is 23.6. The lowest BCUT2D eigenvalue weighted by Crippen LogP contribution is -2.41. The summed E-state index contributed by atoms with van der Waals surface area (Å²) >= 11 is 1.35. The number of hydrogen-bond donors (Lipinski definition) is 2. The molecule has 2 N–H and O–H groups in total. The fourth-order valence-electron chi connectivity index (χ4n) is 4.06. The minimum atomic E-state index is -0.545. The third-order valence-corrected chi connectivity index (χ3v) is 7.41. The number of rotatable bonds is 5. The standard InChI is InChI=1S/C27H25N5O3S/c1-16-9-14-21(15-17(16)2)28-25(33)23-22(18-10-12-20(13-11-18)26(34)35-3)31-32-24(29-30-27(32)36-23)19-7-5-4-6-8-19/h4-15,22-23,31H,1-3H3,(H,28,33)/t22-,23-/m0/s1. The largest absolute Gasteiger partial charge is 0.465 e. The highest BCUT2D eigenvalue weighted by molar-refractivity contribution is 8.00. The summed E-state index contributed by atoms with van der Waals surface area (Å²) in [7, 11) is 1.35. The van der Waals surface area contributed by atoms with E-state index in [0.29, 0.717) is 16.5 Å². The first-order chi connectivity index (χ1) is 17.4. The van der Waals surface area contributed by atoms with Crippen molar-refractivity contribution in [3.63, 3.8) is 0 Å². The minimum Gasteiger partial charge on any atom is -0.465 e. The number of fused-ring (bicyclic) bond motifs is 1. The van der Waals surface area contributed by atoms with Gasteiger partial charge in [0, 0.05) is 11.3 Å². The van der Waals surface area contributed by atoms with E-state index < -0.39 is 17.3 Å². The third kappa shape index (κ3) is 4.57. The number of hydrogen-bond acceptors (Lipinski definition) is 7. The second-order valence-corrected chi connectivity index (χ2v) is 9.66. The molecule has 1 aromatic heterocycles. The molecule has 1 aliphatic rings. The second-order valence-electron chi connectivity index (χ2n) is 8.55. The minimum absolute atomic E-state index is 0.159. The summed E-state index contributed by atoms with van der Waals surface area (Å²) in [6.45, 7) is 4.05. The molecule has 0 bridgehead atoms. The molecule has 0 unspecified atom stereocenters. The van der Waals surface area contributed by atoms with Gasteiger partial charge in [0.2, 0.25) is 11.1 Å². The maximum Gasteiger partial charge on any atom is 0.337 e. The van der Waals surface area contributed by atoms with E-state index in [-0.39, 0.29) is 5.91 Å². The van der Waals surface area contributed by atoms with E-state index in [2.05, 4.69) is 20.9 Å².